The van der Waals surface area contributed by atoms with Gasteiger partial charge in [0.1, 0.15) is 5.82 Å². The maximum atomic E-state index is 13.9. The molecule has 176 valence electrons. The van der Waals surface area contributed by atoms with E-state index in [9.17, 15) is 23.6 Å². The largest absolute Gasteiger partial charge is 0.350 e. The summed E-state index contributed by atoms with van der Waals surface area (Å²) in [7, 11) is 0. The highest BCUT2D eigenvalue weighted by Gasteiger charge is 2.34. The minimum Gasteiger partial charge on any atom is -0.350 e. The molecule has 1 aliphatic rings. The lowest BCUT2D eigenvalue weighted by molar-refractivity contribution is -0.122. The highest BCUT2D eigenvalue weighted by molar-refractivity contribution is 8.18. The summed E-state index contributed by atoms with van der Waals surface area (Å²) in [6.45, 7) is 0.0343. The molecule has 3 aromatic rings. The fraction of sp³-hybridized carbons (Fsp3) is 0.0769. The lowest BCUT2D eigenvalue weighted by Crippen LogP contribution is -2.37. The van der Waals surface area contributed by atoms with Crippen LogP contribution in [0.5, 0.6) is 0 Å². The van der Waals surface area contributed by atoms with Gasteiger partial charge in [0, 0.05) is 35.5 Å². The van der Waals surface area contributed by atoms with Gasteiger partial charge in [-0.15, -0.1) is 0 Å². The molecule has 7 nitrogen and oxygen atoms in total. The van der Waals surface area contributed by atoms with Crippen LogP contribution >= 0.6 is 11.8 Å². The first-order valence-electron chi connectivity index (χ1n) is 10.7. The summed E-state index contributed by atoms with van der Waals surface area (Å²) >= 11 is 0.730. The fourth-order valence-corrected chi connectivity index (χ4v) is 4.16. The van der Waals surface area contributed by atoms with Gasteiger partial charge in [0.05, 0.1) is 4.91 Å². The molecule has 4 rings (SSSR count). The molecule has 1 saturated heterocycles. The second-order valence-electron chi connectivity index (χ2n) is 7.51. The predicted molar refractivity (Wildman–Crippen MR) is 132 cm³/mol. The normalized spacial score (nSPS) is 14.3. The van der Waals surface area contributed by atoms with Crippen molar-refractivity contribution in [2.75, 3.05) is 18.4 Å². The van der Waals surface area contributed by atoms with Gasteiger partial charge in [-0.25, -0.2) is 4.39 Å². The molecule has 0 radical (unpaired) electrons. The van der Waals surface area contributed by atoms with Gasteiger partial charge in [0.15, 0.2) is 0 Å². The third-order valence-electron chi connectivity index (χ3n) is 5.13. The van der Waals surface area contributed by atoms with Crippen molar-refractivity contribution < 1.29 is 23.6 Å². The number of nitrogens with one attached hydrogen (secondary N) is 2. The lowest BCUT2D eigenvalue weighted by Gasteiger charge is -2.13. The molecule has 9 heteroatoms. The molecule has 0 aromatic heterocycles. The highest BCUT2D eigenvalue weighted by atomic mass is 32.2. The Morgan fingerprint density at radius 3 is 2.23 bits per heavy atom. The quantitative estimate of drug-likeness (QED) is 0.475. The summed E-state index contributed by atoms with van der Waals surface area (Å²) in [4.78, 5) is 50.6. The molecule has 0 spiro atoms. The van der Waals surface area contributed by atoms with E-state index >= 15 is 0 Å². The number of hydrogen-bond donors (Lipinski definition) is 2. The van der Waals surface area contributed by atoms with Crippen molar-refractivity contribution in [2.45, 2.75) is 0 Å². The Bertz CT molecular complexity index is 1310. The molecule has 0 bridgehead atoms. The Morgan fingerprint density at radius 1 is 0.857 bits per heavy atom. The van der Waals surface area contributed by atoms with Gasteiger partial charge in [-0.3, -0.25) is 24.1 Å². The first kappa shape index (κ1) is 23.9. The Kier molecular flexibility index (Phi) is 7.37. The van der Waals surface area contributed by atoms with E-state index in [1.54, 1.807) is 54.6 Å². The van der Waals surface area contributed by atoms with Crippen LogP contribution < -0.4 is 10.6 Å². The van der Waals surface area contributed by atoms with Crippen molar-refractivity contribution in [1.82, 2.24) is 10.2 Å². The van der Waals surface area contributed by atoms with Gasteiger partial charge in [-0.1, -0.05) is 36.4 Å². The number of imide groups is 1. The first-order valence-corrected chi connectivity index (χ1v) is 11.5. The van der Waals surface area contributed by atoms with Crippen LogP contribution in [-0.4, -0.2) is 41.0 Å². The number of nitrogens with zero attached hydrogens (tertiary/aromatic N) is 1. The zero-order valence-corrected chi connectivity index (χ0v) is 19.2. The number of rotatable bonds is 7. The molecule has 4 amide bonds. The van der Waals surface area contributed by atoms with Gasteiger partial charge < -0.3 is 10.6 Å². The minimum absolute atomic E-state index is 0.0176. The number of anilines is 1. The SMILES string of the molecule is O=C(NCCN1C(=O)S/C(=C\c2ccccc2F)C1=O)c1ccc(NC(=O)c2ccccc2)cc1. The van der Waals surface area contributed by atoms with Crippen LogP contribution in [0.25, 0.3) is 6.08 Å². The Labute approximate surface area is 205 Å². The maximum absolute atomic E-state index is 13.9. The third-order valence-corrected chi connectivity index (χ3v) is 6.03. The zero-order chi connectivity index (χ0) is 24.8. The van der Waals surface area contributed by atoms with Crippen molar-refractivity contribution >= 4 is 46.5 Å². The summed E-state index contributed by atoms with van der Waals surface area (Å²) in [5, 5.41) is 4.94. The number of amides is 4. The molecule has 1 fully saturated rings. The van der Waals surface area contributed by atoms with E-state index in [2.05, 4.69) is 10.6 Å². The Balaban J connectivity index is 1.29. The predicted octanol–water partition coefficient (Wildman–Crippen LogP) is 4.54. The second kappa shape index (κ2) is 10.8. The molecule has 2 N–H and O–H groups in total. The topological polar surface area (TPSA) is 95.6 Å². The average Bonchev–Trinajstić information content (AvgIpc) is 3.13. The van der Waals surface area contributed by atoms with Gasteiger partial charge in [-0.05, 0) is 60.3 Å². The molecule has 0 aliphatic carbocycles. The first-order chi connectivity index (χ1) is 16.9. The average molecular weight is 490 g/mol. The number of hydrogen-bond acceptors (Lipinski definition) is 5. The Morgan fingerprint density at radius 2 is 1.51 bits per heavy atom. The summed E-state index contributed by atoms with van der Waals surface area (Å²) in [5.41, 5.74) is 1.63. The van der Waals surface area contributed by atoms with Crippen molar-refractivity contribution in [3.05, 3.63) is 106 Å². The molecule has 35 heavy (non-hydrogen) atoms. The smallest absolute Gasteiger partial charge is 0.293 e. The molecular formula is C26H20FN3O4S. The molecular weight excluding hydrogens is 469 g/mol. The van der Waals surface area contributed by atoms with Crippen LogP contribution in [0, 0.1) is 5.82 Å². The summed E-state index contributed by atoms with van der Waals surface area (Å²) in [6, 6.07) is 21.1. The van der Waals surface area contributed by atoms with Crippen molar-refractivity contribution in [2.24, 2.45) is 0 Å². The van der Waals surface area contributed by atoms with Gasteiger partial charge in [-0.2, -0.15) is 0 Å². The molecule has 0 saturated carbocycles. The van der Waals surface area contributed by atoms with E-state index in [-0.39, 0.29) is 35.4 Å². The third kappa shape index (κ3) is 5.82. The molecule has 3 aromatic carbocycles. The number of halogens is 1. The van der Waals surface area contributed by atoms with E-state index in [0.717, 1.165) is 16.7 Å². The zero-order valence-electron chi connectivity index (χ0n) is 18.4. The standard InChI is InChI=1S/C26H20FN3O4S/c27-21-9-5-4-8-19(21)16-22-25(33)30(26(34)35-22)15-14-28-23(31)18-10-12-20(13-11-18)29-24(32)17-6-2-1-3-7-17/h1-13,16H,14-15H2,(H,28,31)(H,29,32)/b22-16-. The van der Waals surface area contributed by atoms with E-state index in [0.29, 0.717) is 16.8 Å². The van der Waals surface area contributed by atoms with Gasteiger partial charge >= 0.3 is 0 Å². The van der Waals surface area contributed by atoms with Gasteiger partial charge in [0.25, 0.3) is 23.0 Å². The lowest BCUT2D eigenvalue weighted by atomic mass is 10.1. The number of benzene rings is 3. The molecule has 1 aliphatic heterocycles. The van der Waals surface area contributed by atoms with E-state index in [1.165, 1.54) is 24.3 Å². The van der Waals surface area contributed by atoms with Crippen LogP contribution in [0.2, 0.25) is 0 Å². The fourth-order valence-electron chi connectivity index (χ4n) is 3.31. The van der Waals surface area contributed by atoms with E-state index in [4.69, 9.17) is 0 Å². The summed E-state index contributed by atoms with van der Waals surface area (Å²) in [5.74, 6) is -1.67. The number of carbonyl (C=O) groups excluding carboxylic acids is 4. The summed E-state index contributed by atoms with van der Waals surface area (Å²) in [6.07, 6.45) is 1.34. The van der Waals surface area contributed by atoms with E-state index < -0.39 is 17.0 Å². The van der Waals surface area contributed by atoms with Crippen LogP contribution in [0.1, 0.15) is 26.3 Å². The van der Waals surface area contributed by atoms with Crippen molar-refractivity contribution in [3.63, 3.8) is 0 Å². The highest BCUT2D eigenvalue weighted by Crippen LogP contribution is 2.32. The molecule has 1 heterocycles. The van der Waals surface area contributed by atoms with E-state index in [1.807, 2.05) is 6.07 Å². The van der Waals surface area contributed by atoms with Crippen LogP contribution in [-0.2, 0) is 4.79 Å². The van der Waals surface area contributed by atoms with Crippen LogP contribution in [0.4, 0.5) is 14.9 Å². The maximum Gasteiger partial charge on any atom is 0.293 e. The Hall–Kier alpha value is -4.24. The number of carbonyl (C=O) groups is 4. The van der Waals surface area contributed by atoms with Crippen molar-refractivity contribution in [1.29, 1.82) is 0 Å². The second-order valence-corrected chi connectivity index (χ2v) is 8.50. The van der Waals surface area contributed by atoms with Gasteiger partial charge in [0.2, 0.25) is 0 Å². The summed E-state index contributed by atoms with van der Waals surface area (Å²) < 4.78 is 13.9. The van der Waals surface area contributed by atoms with Crippen molar-refractivity contribution in [3.8, 4) is 0 Å². The number of thioether (sulfide) groups is 1. The van der Waals surface area contributed by atoms with Crippen LogP contribution in [0.3, 0.4) is 0 Å². The molecule has 0 atom stereocenters. The monoisotopic (exact) mass is 489 g/mol. The minimum atomic E-state index is -0.531. The molecule has 0 unspecified atom stereocenters. The van der Waals surface area contributed by atoms with Crippen LogP contribution in [0.15, 0.2) is 83.8 Å².